The van der Waals surface area contributed by atoms with Crippen molar-refractivity contribution in [3.63, 3.8) is 0 Å². The van der Waals surface area contributed by atoms with Crippen LogP contribution in [-0.4, -0.2) is 35.6 Å². The molecule has 2 fully saturated rings. The highest BCUT2D eigenvalue weighted by molar-refractivity contribution is 5.96. The number of benzene rings is 1. The van der Waals surface area contributed by atoms with Crippen LogP contribution in [0.5, 0.6) is 5.75 Å². The first-order chi connectivity index (χ1) is 12.7. The molecule has 26 heavy (non-hydrogen) atoms. The van der Waals surface area contributed by atoms with Gasteiger partial charge < -0.3 is 15.0 Å². The van der Waals surface area contributed by atoms with Crippen LogP contribution in [0, 0.1) is 0 Å². The van der Waals surface area contributed by atoms with Crippen molar-refractivity contribution in [3.05, 3.63) is 42.2 Å². The van der Waals surface area contributed by atoms with Gasteiger partial charge in [0.25, 0.3) is 0 Å². The zero-order valence-corrected chi connectivity index (χ0v) is 15.0. The van der Waals surface area contributed by atoms with Gasteiger partial charge in [-0.3, -0.25) is 4.79 Å². The van der Waals surface area contributed by atoms with Gasteiger partial charge in [0, 0.05) is 36.5 Å². The zero-order chi connectivity index (χ0) is 17.9. The van der Waals surface area contributed by atoms with Gasteiger partial charge in [-0.25, -0.2) is 9.97 Å². The van der Waals surface area contributed by atoms with E-state index in [0.29, 0.717) is 24.8 Å². The number of rotatable bonds is 5. The molecule has 2 aromatic rings. The number of carbonyl (C=O) groups is 1. The van der Waals surface area contributed by atoms with Gasteiger partial charge in [-0.1, -0.05) is 12.8 Å². The minimum atomic E-state index is 0.0171. The van der Waals surface area contributed by atoms with Crippen LogP contribution in [0.15, 0.2) is 36.5 Å². The molecule has 1 N–H and O–H groups in total. The summed E-state index contributed by atoms with van der Waals surface area (Å²) < 4.78 is 5.18. The summed E-state index contributed by atoms with van der Waals surface area (Å²) in [6.45, 7) is 0.613. The number of carbonyl (C=O) groups excluding carboxylic acids is 1. The maximum absolute atomic E-state index is 12.4. The van der Waals surface area contributed by atoms with E-state index in [1.54, 1.807) is 12.0 Å². The third-order valence-corrected chi connectivity index (χ3v) is 5.29. The van der Waals surface area contributed by atoms with Gasteiger partial charge in [-0.05, 0) is 43.2 Å². The summed E-state index contributed by atoms with van der Waals surface area (Å²) in [5.74, 6) is 2.08. The molecule has 0 bridgehead atoms. The maximum atomic E-state index is 12.4. The summed E-state index contributed by atoms with van der Waals surface area (Å²) in [7, 11) is 1.63. The van der Waals surface area contributed by atoms with E-state index in [1.807, 2.05) is 36.5 Å². The molecule has 1 amide bonds. The van der Waals surface area contributed by atoms with Crippen LogP contribution in [0.2, 0.25) is 0 Å². The van der Waals surface area contributed by atoms with E-state index in [0.717, 1.165) is 17.1 Å². The monoisotopic (exact) mass is 352 g/mol. The number of nitrogens with one attached hydrogen (secondary N) is 1. The average Bonchev–Trinajstić information content (AvgIpc) is 3.32. The summed E-state index contributed by atoms with van der Waals surface area (Å²) in [4.78, 5) is 23.3. The Kier molecular flexibility index (Phi) is 4.73. The molecule has 1 saturated heterocycles. The molecule has 6 heteroatoms. The fourth-order valence-electron chi connectivity index (χ4n) is 3.89. The smallest absolute Gasteiger partial charge is 0.229 e. The standard InChI is InChI=1S/C20H24N4O2/c1-26-17-8-6-16(7-9-17)24-13-15(12-19(24)25)22-20-21-11-10-18(23-20)14-4-2-3-5-14/h6-11,14-15H,2-5,12-13H2,1H3,(H,21,22,23). The number of anilines is 2. The summed E-state index contributed by atoms with van der Waals surface area (Å²) in [6, 6.07) is 9.61. The minimum absolute atomic E-state index is 0.0171. The van der Waals surface area contributed by atoms with E-state index < -0.39 is 0 Å². The van der Waals surface area contributed by atoms with Crippen molar-refractivity contribution in [3.8, 4) is 5.75 Å². The number of nitrogens with zero attached hydrogens (tertiary/aromatic N) is 3. The molecule has 1 aromatic heterocycles. The highest BCUT2D eigenvalue weighted by atomic mass is 16.5. The third-order valence-electron chi connectivity index (χ3n) is 5.29. The molecule has 6 nitrogen and oxygen atoms in total. The van der Waals surface area contributed by atoms with E-state index in [9.17, 15) is 4.79 Å². The highest BCUT2D eigenvalue weighted by Gasteiger charge is 2.31. The number of amides is 1. The summed E-state index contributed by atoms with van der Waals surface area (Å²) in [5, 5.41) is 3.35. The van der Waals surface area contributed by atoms with Gasteiger partial charge in [-0.15, -0.1) is 0 Å². The Morgan fingerprint density at radius 3 is 2.65 bits per heavy atom. The van der Waals surface area contributed by atoms with Crippen molar-refractivity contribution >= 4 is 17.5 Å². The molecule has 1 aliphatic heterocycles. The number of ether oxygens (including phenoxy) is 1. The van der Waals surface area contributed by atoms with Gasteiger partial charge in [0.15, 0.2) is 0 Å². The Hall–Kier alpha value is -2.63. The number of aromatic nitrogens is 2. The Labute approximate surface area is 153 Å². The fraction of sp³-hybridized carbons (Fsp3) is 0.450. The quantitative estimate of drug-likeness (QED) is 0.894. The SMILES string of the molecule is COc1ccc(N2CC(Nc3nccc(C4CCCC4)n3)CC2=O)cc1. The van der Waals surface area contributed by atoms with Crippen LogP contribution in [0.3, 0.4) is 0 Å². The maximum Gasteiger partial charge on any atom is 0.229 e. The lowest BCUT2D eigenvalue weighted by molar-refractivity contribution is -0.117. The second kappa shape index (κ2) is 7.32. The predicted octanol–water partition coefficient (Wildman–Crippen LogP) is 3.36. The second-order valence-electron chi connectivity index (χ2n) is 7.03. The van der Waals surface area contributed by atoms with Gasteiger partial charge >= 0.3 is 0 Å². The molecule has 0 radical (unpaired) electrons. The molecule has 1 aliphatic carbocycles. The molecule has 1 saturated carbocycles. The van der Waals surface area contributed by atoms with Crippen molar-refractivity contribution in [2.45, 2.75) is 44.1 Å². The largest absolute Gasteiger partial charge is 0.497 e. The van der Waals surface area contributed by atoms with Crippen molar-refractivity contribution in [2.75, 3.05) is 23.9 Å². The van der Waals surface area contributed by atoms with Gasteiger partial charge in [-0.2, -0.15) is 0 Å². The molecular weight excluding hydrogens is 328 g/mol. The minimum Gasteiger partial charge on any atom is -0.497 e. The first-order valence-electron chi connectivity index (χ1n) is 9.27. The van der Waals surface area contributed by atoms with Gasteiger partial charge in [0.1, 0.15) is 5.75 Å². The first-order valence-corrected chi connectivity index (χ1v) is 9.27. The summed E-state index contributed by atoms with van der Waals surface area (Å²) in [6.07, 6.45) is 7.26. The van der Waals surface area contributed by atoms with Crippen molar-refractivity contribution in [2.24, 2.45) is 0 Å². The lowest BCUT2D eigenvalue weighted by Crippen LogP contribution is -2.28. The fourth-order valence-corrected chi connectivity index (χ4v) is 3.89. The number of hydrogen-bond acceptors (Lipinski definition) is 5. The Morgan fingerprint density at radius 1 is 1.15 bits per heavy atom. The van der Waals surface area contributed by atoms with Crippen LogP contribution < -0.4 is 15.0 Å². The molecule has 1 unspecified atom stereocenters. The molecule has 4 rings (SSSR count). The Balaban J connectivity index is 1.43. The van der Waals surface area contributed by atoms with Crippen LogP contribution in [0.1, 0.15) is 43.7 Å². The topological polar surface area (TPSA) is 67.3 Å². The number of methoxy groups -OCH3 is 1. The second-order valence-corrected chi connectivity index (χ2v) is 7.03. The van der Waals surface area contributed by atoms with Crippen molar-refractivity contribution in [1.82, 2.24) is 9.97 Å². The Bertz CT molecular complexity index is 772. The Morgan fingerprint density at radius 2 is 1.92 bits per heavy atom. The molecule has 1 aromatic carbocycles. The molecular formula is C20H24N4O2. The van der Waals surface area contributed by atoms with Crippen LogP contribution in [0.4, 0.5) is 11.6 Å². The van der Waals surface area contributed by atoms with E-state index in [1.165, 1.54) is 25.7 Å². The summed E-state index contributed by atoms with van der Waals surface area (Å²) in [5.41, 5.74) is 2.01. The van der Waals surface area contributed by atoms with Crippen molar-refractivity contribution in [1.29, 1.82) is 0 Å². The van der Waals surface area contributed by atoms with E-state index in [2.05, 4.69) is 10.3 Å². The number of hydrogen-bond donors (Lipinski definition) is 1. The highest BCUT2D eigenvalue weighted by Crippen LogP contribution is 2.33. The van der Waals surface area contributed by atoms with E-state index in [4.69, 9.17) is 9.72 Å². The lowest BCUT2D eigenvalue weighted by Gasteiger charge is -2.18. The normalized spacial score (nSPS) is 20.6. The molecule has 0 spiro atoms. The predicted molar refractivity (Wildman–Crippen MR) is 101 cm³/mol. The van der Waals surface area contributed by atoms with Crippen LogP contribution in [-0.2, 0) is 4.79 Å². The average molecular weight is 352 g/mol. The molecule has 136 valence electrons. The van der Waals surface area contributed by atoms with Crippen molar-refractivity contribution < 1.29 is 9.53 Å². The zero-order valence-electron chi connectivity index (χ0n) is 15.0. The summed E-state index contributed by atoms with van der Waals surface area (Å²) >= 11 is 0. The lowest BCUT2D eigenvalue weighted by atomic mass is 10.0. The first kappa shape index (κ1) is 16.8. The molecule has 2 heterocycles. The third kappa shape index (κ3) is 3.49. The van der Waals surface area contributed by atoms with Gasteiger partial charge in [0.05, 0.1) is 13.2 Å². The van der Waals surface area contributed by atoms with Crippen LogP contribution >= 0.6 is 0 Å². The van der Waals surface area contributed by atoms with E-state index >= 15 is 0 Å². The van der Waals surface area contributed by atoms with E-state index in [-0.39, 0.29) is 11.9 Å². The molecule has 1 atom stereocenters. The van der Waals surface area contributed by atoms with Crippen LogP contribution in [0.25, 0.3) is 0 Å². The molecule has 2 aliphatic rings. The van der Waals surface area contributed by atoms with Gasteiger partial charge in [0.2, 0.25) is 11.9 Å².